The zero-order chi connectivity index (χ0) is 28.9. The lowest BCUT2D eigenvalue weighted by Gasteiger charge is -2.34. The first-order chi connectivity index (χ1) is 19.0. The van der Waals surface area contributed by atoms with Crippen LogP contribution in [0.3, 0.4) is 0 Å². The lowest BCUT2D eigenvalue weighted by Crippen LogP contribution is -2.44. The number of pyridine rings is 1. The summed E-state index contributed by atoms with van der Waals surface area (Å²) in [6.07, 6.45) is 4.97. The third kappa shape index (κ3) is 7.45. The molecule has 0 spiro atoms. The fraction of sp³-hybridized carbons (Fsp3) is 0.407. The molecule has 0 radical (unpaired) electrons. The van der Waals surface area contributed by atoms with Gasteiger partial charge in [0.05, 0.1) is 23.7 Å². The summed E-state index contributed by atoms with van der Waals surface area (Å²) < 4.78 is 25.5. The third-order valence-corrected chi connectivity index (χ3v) is 9.12. The number of rotatable bonds is 10. The first-order valence-corrected chi connectivity index (χ1v) is 15.0. The van der Waals surface area contributed by atoms with Crippen molar-refractivity contribution >= 4 is 56.2 Å². The monoisotopic (exact) mass is 588 g/mol. The van der Waals surface area contributed by atoms with Gasteiger partial charge in [0.2, 0.25) is 11.9 Å². The van der Waals surface area contributed by atoms with Gasteiger partial charge >= 0.3 is 0 Å². The summed E-state index contributed by atoms with van der Waals surface area (Å²) in [6, 6.07) is 11.0. The number of sulfone groups is 1. The maximum atomic E-state index is 12.8. The minimum absolute atomic E-state index is 0. The minimum atomic E-state index is -3.64. The van der Waals surface area contributed by atoms with Gasteiger partial charge in [-0.1, -0.05) is 11.6 Å². The lowest BCUT2D eigenvalue weighted by molar-refractivity contribution is -0.117. The number of aromatic nitrogens is 3. The molecule has 4 rings (SSSR count). The second-order valence-corrected chi connectivity index (χ2v) is 13.0. The molecule has 40 heavy (non-hydrogen) atoms. The molecule has 0 atom stereocenters. The molecule has 0 aliphatic carbocycles. The number of carbonyl (C=O) groups excluding carboxylic acids is 1. The van der Waals surface area contributed by atoms with E-state index in [9.17, 15) is 13.2 Å². The summed E-state index contributed by atoms with van der Waals surface area (Å²) in [5.41, 5.74) is 1.65. The van der Waals surface area contributed by atoms with Gasteiger partial charge in [0.15, 0.2) is 20.7 Å². The summed E-state index contributed by atoms with van der Waals surface area (Å²) >= 11 is 6.31. The largest absolute Gasteiger partial charge is 0.336 e. The molecule has 3 N–H and O–H groups in total. The predicted octanol–water partition coefficient (Wildman–Crippen LogP) is 4.40. The van der Waals surface area contributed by atoms with Crippen molar-refractivity contribution in [2.75, 3.05) is 49.7 Å². The van der Waals surface area contributed by atoms with E-state index in [-0.39, 0.29) is 34.8 Å². The van der Waals surface area contributed by atoms with E-state index < -0.39 is 15.1 Å². The van der Waals surface area contributed by atoms with E-state index in [1.807, 2.05) is 0 Å². The average Bonchev–Trinajstić information content (AvgIpc) is 2.92. The van der Waals surface area contributed by atoms with Crippen molar-refractivity contribution in [1.29, 1.82) is 0 Å². The van der Waals surface area contributed by atoms with Gasteiger partial charge in [-0.05, 0) is 77.2 Å². The number of anilines is 5. The van der Waals surface area contributed by atoms with Crippen LogP contribution in [0.1, 0.15) is 28.1 Å². The van der Waals surface area contributed by atoms with E-state index in [1.165, 1.54) is 12.4 Å². The number of amides is 1. The molecule has 2 aromatic heterocycles. The molecule has 13 heteroatoms. The molecule has 3 heterocycles. The van der Waals surface area contributed by atoms with Crippen molar-refractivity contribution in [3.05, 3.63) is 53.8 Å². The number of hydrogen-bond acceptors (Lipinski definition) is 10. The second kappa shape index (κ2) is 12.9. The number of carbonyl (C=O) groups is 1. The van der Waals surface area contributed by atoms with Crippen LogP contribution in [-0.4, -0.2) is 84.1 Å². The zero-order valence-corrected chi connectivity index (χ0v) is 24.6. The van der Waals surface area contributed by atoms with Gasteiger partial charge in [-0.3, -0.25) is 9.69 Å². The highest BCUT2D eigenvalue weighted by molar-refractivity contribution is 7.92. The normalized spacial score (nSPS) is 14.9. The highest BCUT2D eigenvalue weighted by Gasteiger charge is 2.25. The van der Waals surface area contributed by atoms with Crippen LogP contribution in [0.5, 0.6) is 0 Å². The van der Waals surface area contributed by atoms with E-state index in [4.69, 9.17) is 11.6 Å². The van der Waals surface area contributed by atoms with Crippen molar-refractivity contribution < 1.29 is 14.6 Å². The highest BCUT2D eigenvalue weighted by Crippen LogP contribution is 2.29. The first-order valence-electron chi connectivity index (χ1n) is 13.1. The van der Waals surface area contributed by atoms with E-state index in [1.54, 1.807) is 50.2 Å². The summed E-state index contributed by atoms with van der Waals surface area (Å²) in [5, 5.41) is 8.52. The fourth-order valence-electron chi connectivity index (χ4n) is 4.34. The van der Waals surface area contributed by atoms with Crippen LogP contribution in [-0.2, 0) is 14.6 Å². The van der Waals surface area contributed by atoms with E-state index in [0.29, 0.717) is 24.0 Å². The summed E-state index contributed by atoms with van der Waals surface area (Å²) in [6.45, 7) is 5.38. The Morgan fingerprint density at radius 3 is 2.42 bits per heavy atom. The molecule has 1 aromatic carbocycles. The molecule has 1 aliphatic rings. The zero-order valence-electron chi connectivity index (χ0n) is 23.1. The van der Waals surface area contributed by atoms with Crippen LogP contribution in [0.25, 0.3) is 0 Å². The van der Waals surface area contributed by atoms with Gasteiger partial charge in [-0.15, -0.1) is 0 Å². The van der Waals surface area contributed by atoms with Gasteiger partial charge in [0, 0.05) is 38.1 Å². The van der Waals surface area contributed by atoms with Crippen LogP contribution in [0.15, 0.2) is 53.8 Å². The quantitative estimate of drug-likeness (QED) is 0.313. The van der Waals surface area contributed by atoms with Crippen molar-refractivity contribution in [3.63, 3.8) is 0 Å². The summed E-state index contributed by atoms with van der Waals surface area (Å²) in [7, 11) is 0.560. The van der Waals surface area contributed by atoms with Gasteiger partial charge < -0.3 is 20.9 Å². The summed E-state index contributed by atoms with van der Waals surface area (Å²) in [5.74, 6) is 0.433. The summed E-state index contributed by atoms with van der Waals surface area (Å²) in [4.78, 5) is 29.7. The molecule has 0 bridgehead atoms. The maximum absolute atomic E-state index is 12.8. The molecule has 1 saturated heterocycles. The SMILES string of the molecule is CC(C)S(=O)(=O)c1ncccc1Nc1nc(Nc2ccc(NC(=O)CN3CCC(N(C)C)CC3)cc2)ncc1Cl.[HH]. The minimum Gasteiger partial charge on any atom is -0.336 e. The Morgan fingerprint density at radius 1 is 1.10 bits per heavy atom. The Labute approximate surface area is 241 Å². The topological polar surface area (TPSA) is 132 Å². The third-order valence-electron chi connectivity index (χ3n) is 6.74. The van der Waals surface area contributed by atoms with E-state index in [0.717, 1.165) is 25.9 Å². The molecular formula is C27H37ClN8O3S. The van der Waals surface area contributed by atoms with Crippen LogP contribution in [0.2, 0.25) is 5.02 Å². The molecule has 216 valence electrons. The number of halogens is 1. The van der Waals surface area contributed by atoms with Gasteiger partial charge in [0.25, 0.3) is 0 Å². The molecule has 0 saturated carbocycles. The van der Waals surface area contributed by atoms with Gasteiger partial charge in [-0.2, -0.15) is 4.98 Å². The van der Waals surface area contributed by atoms with Crippen molar-refractivity contribution in [2.45, 2.75) is 43.0 Å². The maximum Gasteiger partial charge on any atom is 0.238 e. The Morgan fingerprint density at radius 2 is 1.77 bits per heavy atom. The van der Waals surface area contributed by atoms with Crippen LogP contribution in [0.4, 0.5) is 28.8 Å². The molecule has 11 nitrogen and oxygen atoms in total. The Hall–Kier alpha value is -3.32. The molecule has 0 unspecified atom stereocenters. The van der Waals surface area contributed by atoms with Crippen molar-refractivity contribution in [3.8, 4) is 0 Å². The number of benzene rings is 1. The van der Waals surface area contributed by atoms with Crippen molar-refractivity contribution in [2.24, 2.45) is 0 Å². The van der Waals surface area contributed by atoms with Gasteiger partial charge in [-0.25, -0.2) is 18.4 Å². The fourth-order valence-corrected chi connectivity index (χ4v) is 5.56. The highest BCUT2D eigenvalue weighted by atomic mass is 35.5. The molecular weight excluding hydrogens is 552 g/mol. The first kappa shape index (κ1) is 29.7. The van der Waals surface area contributed by atoms with Gasteiger partial charge in [0.1, 0.15) is 5.02 Å². The van der Waals surface area contributed by atoms with Crippen LogP contribution < -0.4 is 16.0 Å². The number of nitrogens with one attached hydrogen (secondary N) is 3. The predicted molar refractivity (Wildman–Crippen MR) is 161 cm³/mol. The molecule has 1 aliphatic heterocycles. The Kier molecular flexibility index (Phi) is 9.56. The smallest absolute Gasteiger partial charge is 0.238 e. The Bertz CT molecular complexity index is 1430. The molecule has 3 aromatic rings. The van der Waals surface area contributed by atoms with Crippen LogP contribution in [0, 0.1) is 0 Å². The van der Waals surface area contributed by atoms with Crippen LogP contribution >= 0.6 is 11.6 Å². The molecule has 1 fully saturated rings. The van der Waals surface area contributed by atoms with E-state index in [2.05, 4.69) is 54.8 Å². The number of likely N-dealkylation sites (tertiary alicyclic amines) is 1. The second-order valence-electron chi connectivity index (χ2n) is 10.2. The van der Waals surface area contributed by atoms with Crippen molar-refractivity contribution in [1.82, 2.24) is 24.8 Å². The Balaban J connectivity index is 0.00000462. The van der Waals surface area contributed by atoms with E-state index >= 15 is 0 Å². The number of hydrogen-bond donors (Lipinski definition) is 3. The lowest BCUT2D eigenvalue weighted by atomic mass is 10.0. The number of piperidine rings is 1. The number of nitrogens with zero attached hydrogens (tertiary/aromatic N) is 5. The molecule has 1 amide bonds. The standard InChI is InChI=1S/C27H35ClN8O3S.H2/c1-18(2)40(38,39)26-23(6-5-13-29-26)33-25-22(28)16-30-27(34-25)32-20-9-7-19(8-10-20)31-24(37)17-36-14-11-21(12-15-36)35(3)4;/h5-10,13,16,18,21H,11-12,14-15,17H2,1-4H3,(H,31,37)(H2,30,32,33,34);1H. The average molecular weight is 589 g/mol.